The molecule has 5 heteroatoms. The van der Waals surface area contributed by atoms with E-state index in [2.05, 4.69) is 27.3 Å². The summed E-state index contributed by atoms with van der Waals surface area (Å²) in [6.07, 6.45) is 0. The molecule has 0 radical (unpaired) electrons. The molecule has 0 heterocycles. The average Bonchev–Trinajstić information content (AvgIpc) is 2.27. The minimum absolute atomic E-state index is 0.0256. The van der Waals surface area contributed by atoms with Crippen LogP contribution in [0.5, 0.6) is 0 Å². The van der Waals surface area contributed by atoms with E-state index >= 15 is 0 Å². The Morgan fingerprint density at radius 3 is 2.88 bits per heavy atom. The van der Waals surface area contributed by atoms with Crippen LogP contribution in [0.25, 0.3) is 0 Å². The van der Waals surface area contributed by atoms with Gasteiger partial charge in [-0.25, -0.2) is 0 Å². The second-order valence-electron chi connectivity index (χ2n) is 3.32. The number of rotatable bonds is 5. The highest BCUT2D eigenvalue weighted by Crippen LogP contribution is 2.19. The Hall–Kier alpha value is -1.09. The van der Waals surface area contributed by atoms with Crippen LogP contribution < -0.4 is 5.32 Å². The first-order valence-electron chi connectivity index (χ1n) is 4.76. The van der Waals surface area contributed by atoms with Crippen LogP contribution >= 0.6 is 15.9 Å². The molecule has 1 unspecified atom stereocenters. The molecule has 1 atom stereocenters. The maximum absolute atomic E-state index is 9.10. The fourth-order valence-electron chi connectivity index (χ4n) is 1.31. The largest absolute Gasteiger partial charge is 0.394 e. The standard InChI is InChI=1S/C11H13BrN2O2/c1-16-7-11(6-15)14-10-3-8(5-13)2-9(12)4-10/h2-4,11,14-15H,6-7H2,1H3. The Morgan fingerprint density at radius 2 is 2.31 bits per heavy atom. The molecule has 0 aliphatic rings. The van der Waals surface area contributed by atoms with Gasteiger partial charge in [0.1, 0.15) is 0 Å². The van der Waals surface area contributed by atoms with Crippen LogP contribution in [0.4, 0.5) is 5.69 Å². The van der Waals surface area contributed by atoms with E-state index in [9.17, 15) is 0 Å². The van der Waals surface area contributed by atoms with Crippen LogP contribution in [0, 0.1) is 11.3 Å². The first-order chi connectivity index (χ1) is 7.69. The molecule has 0 aliphatic heterocycles. The van der Waals surface area contributed by atoms with E-state index in [4.69, 9.17) is 15.1 Å². The third-order valence-corrected chi connectivity index (χ3v) is 2.44. The zero-order valence-electron chi connectivity index (χ0n) is 8.90. The van der Waals surface area contributed by atoms with Gasteiger partial charge in [0, 0.05) is 17.3 Å². The number of ether oxygens (including phenoxy) is 1. The first kappa shape index (κ1) is 13.0. The van der Waals surface area contributed by atoms with Crippen molar-refractivity contribution in [3.63, 3.8) is 0 Å². The van der Waals surface area contributed by atoms with Crippen molar-refractivity contribution < 1.29 is 9.84 Å². The van der Waals surface area contributed by atoms with Gasteiger partial charge in [-0.15, -0.1) is 0 Å². The van der Waals surface area contributed by atoms with E-state index in [0.29, 0.717) is 12.2 Å². The number of nitrogens with one attached hydrogen (secondary N) is 1. The predicted molar refractivity (Wildman–Crippen MR) is 65.2 cm³/mol. The Kier molecular flexibility index (Phi) is 5.26. The summed E-state index contributed by atoms with van der Waals surface area (Å²) in [6.45, 7) is 0.382. The average molecular weight is 285 g/mol. The van der Waals surface area contributed by atoms with Crippen LogP contribution in [-0.2, 0) is 4.74 Å². The van der Waals surface area contributed by atoms with Gasteiger partial charge < -0.3 is 15.2 Å². The van der Waals surface area contributed by atoms with E-state index < -0.39 is 0 Å². The number of aliphatic hydroxyl groups is 1. The smallest absolute Gasteiger partial charge is 0.0992 e. The van der Waals surface area contributed by atoms with Crippen LogP contribution in [-0.4, -0.2) is 31.5 Å². The lowest BCUT2D eigenvalue weighted by Gasteiger charge is -2.16. The lowest BCUT2D eigenvalue weighted by Crippen LogP contribution is -2.28. The lowest BCUT2D eigenvalue weighted by atomic mass is 10.2. The fourth-order valence-corrected chi connectivity index (χ4v) is 1.81. The maximum atomic E-state index is 9.10. The quantitative estimate of drug-likeness (QED) is 0.865. The van der Waals surface area contributed by atoms with Gasteiger partial charge in [0.15, 0.2) is 0 Å². The van der Waals surface area contributed by atoms with Crippen molar-refractivity contribution in [3.8, 4) is 6.07 Å². The SMILES string of the molecule is COCC(CO)Nc1cc(Br)cc(C#N)c1. The molecule has 0 fully saturated rings. The zero-order chi connectivity index (χ0) is 12.0. The summed E-state index contributed by atoms with van der Waals surface area (Å²) in [5.41, 5.74) is 1.34. The summed E-state index contributed by atoms with van der Waals surface area (Å²) in [4.78, 5) is 0. The monoisotopic (exact) mass is 284 g/mol. The minimum Gasteiger partial charge on any atom is -0.394 e. The predicted octanol–water partition coefficient (Wildman–Crippen LogP) is 1.74. The number of hydrogen-bond donors (Lipinski definition) is 2. The Labute approximate surface area is 103 Å². The van der Waals surface area contributed by atoms with Gasteiger partial charge in [0.2, 0.25) is 0 Å². The molecule has 0 aliphatic carbocycles. The van der Waals surface area contributed by atoms with Crippen LogP contribution in [0.1, 0.15) is 5.56 Å². The summed E-state index contributed by atoms with van der Waals surface area (Å²) in [5.74, 6) is 0. The highest BCUT2D eigenvalue weighted by Gasteiger charge is 2.07. The number of halogens is 1. The molecule has 0 bridgehead atoms. The number of nitrogens with zero attached hydrogens (tertiary/aromatic N) is 1. The third-order valence-electron chi connectivity index (χ3n) is 1.99. The summed E-state index contributed by atoms with van der Waals surface area (Å²) in [7, 11) is 1.58. The van der Waals surface area contributed by atoms with Crippen molar-refractivity contribution >= 4 is 21.6 Å². The number of aliphatic hydroxyl groups excluding tert-OH is 1. The van der Waals surface area contributed by atoms with E-state index in [1.165, 1.54) is 0 Å². The van der Waals surface area contributed by atoms with E-state index in [1.54, 1.807) is 19.2 Å². The molecule has 4 nitrogen and oxygen atoms in total. The molecule has 0 saturated heterocycles. The number of methoxy groups -OCH3 is 1. The number of anilines is 1. The highest BCUT2D eigenvalue weighted by atomic mass is 79.9. The van der Waals surface area contributed by atoms with Crippen molar-refractivity contribution in [2.45, 2.75) is 6.04 Å². The molecule has 2 N–H and O–H groups in total. The molecule has 0 aromatic heterocycles. The lowest BCUT2D eigenvalue weighted by molar-refractivity contribution is 0.153. The molecule has 1 aromatic rings. The van der Waals surface area contributed by atoms with Gasteiger partial charge in [0.25, 0.3) is 0 Å². The molecule has 0 spiro atoms. The van der Waals surface area contributed by atoms with Gasteiger partial charge >= 0.3 is 0 Å². The first-order valence-corrected chi connectivity index (χ1v) is 5.56. The zero-order valence-corrected chi connectivity index (χ0v) is 10.5. The van der Waals surface area contributed by atoms with Gasteiger partial charge in [-0.2, -0.15) is 5.26 Å². The molecule has 0 saturated carbocycles. The Balaban J connectivity index is 2.80. The van der Waals surface area contributed by atoms with Gasteiger partial charge in [-0.05, 0) is 18.2 Å². The van der Waals surface area contributed by atoms with Gasteiger partial charge in [-0.3, -0.25) is 0 Å². The molecule has 0 amide bonds. The van der Waals surface area contributed by atoms with E-state index in [-0.39, 0.29) is 12.6 Å². The minimum atomic E-state index is -0.175. The van der Waals surface area contributed by atoms with Crippen LogP contribution in [0.15, 0.2) is 22.7 Å². The third kappa shape index (κ3) is 3.81. The van der Waals surface area contributed by atoms with E-state index in [0.717, 1.165) is 10.2 Å². The van der Waals surface area contributed by atoms with Crippen LogP contribution in [0.2, 0.25) is 0 Å². The number of nitriles is 1. The maximum Gasteiger partial charge on any atom is 0.0992 e. The number of benzene rings is 1. The Bertz CT molecular complexity index is 390. The van der Waals surface area contributed by atoms with Gasteiger partial charge in [0.05, 0.1) is 30.9 Å². The summed E-state index contributed by atoms with van der Waals surface area (Å²) in [5, 5.41) is 21.0. The van der Waals surface area contributed by atoms with Crippen molar-refractivity contribution in [1.29, 1.82) is 5.26 Å². The van der Waals surface area contributed by atoms with Crippen molar-refractivity contribution in [1.82, 2.24) is 0 Å². The van der Waals surface area contributed by atoms with Crippen molar-refractivity contribution in [2.75, 3.05) is 25.6 Å². The molecular weight excluding hydrogens is 272 g/mol. The fraction of sp³-hybridized carbons (Fsp3) is 0.364. The van der Waals surface area contributed by atoms with Crippen molar-refractivity contribution in [3.05, 3.63) is 28.2 Å². The molecule has 1 aromatic carbocycles. The van der Waals surface area contributed by atoms with Gasteiger partial charge in [-0.1, -0.05) is 15.9 Å². The Morgan fingerprint density at radius 1 is 1.56 bits per heavy atom. The molecule has 16 heavy (non-hydrogen) atoms. The second-order valence-corrected chi connectivity index (χ2v) is 4.24. The number of hydrogen-bond acceptors (Lipinski definition) is 4. The normalized spacial score (nSPS) is 11.9. The molecule has 86 valence electrons. The highest BCUT2D eigenvalue weighted by molar-refractivity contribution is 9.10. The summed E-state index contributed by atoms with van der Waals surface area (Å²) >= 11 is 3.32. The second kappa shape index (κ2) is 6.48. The van der Waals surface area contributed by atoms with E-state index in [1.807, 2.05) is 6.07 Å². The summed E-state index contributed by atoms with van der Waals surface area (Å²) in [6, 6.07) is 7.20. The topological polar surface area (TPSA) is 65.3 Å². The van der Waals surface area contributed by atoms with Crippen molar-refractivity contribution in [2.24, 2.45) is 0 Å². The molecule has 1 rings (SSSR count). The van der Waals surface area contributed by atoms with Crippen LogP contribution in [0.3, 0.4) is 0 Å². The summed E-state index contributed by atoms with van der Waals surface area (Å²) < 4.78 is 5.78. The molecular formula is C11H13BrN2O2.